The molecule has 1 aliphatic carbocycles. The van der Waals surface area contributed by atoms with Crippen molar-refractivity contribution < 1.29 is 0 Å². The summed E-state index contributed by atoms with van der Waals surface area (Å²) in [5, 5.41) is 3.81. The minimum absolute atomic E-state index is 0.308. The molecule has 1 aromatic carbocycles. The van der Waals surface area contributed by atoms with E-state index in [0.717, 1.165) is 19.0 Å². The Hall–Kier alpha value is -0.670. The van der Waals surface area contributed by atoms with Crippen molar-refractivity contribution in [3.05, 3.63) is 24.3 Å². The molecule has 1 aromatic rings. The molecule has 0 aromatic heterocycles. The van der Waals surface area contributed by atoms with Gasteiger partial charge in [-0.1, -0.05) is 12.1 Å². The molecule has 1 saturated carbocycles. The first-order valence-corrected chi connectivity index (χ1v) is 8.58. The first-order valence-electron chi connectivity index (χ1n) is 7.36. The largest absolute Gasteiger partial charge is 0.369 e. The molecule has 3 rings (SSSR count). The Morgan fingerprint density at radius 3 is 2.84 bits per heavy atom. The summed E-state index contributed by atoms with van der Waals surface area (Å²) in [5.74, 6) is 0.884. The lowest BCUT2D eigenvalue weighted by molar-refractivity contribution is 0.331. The number of nitrogens with one attached hydrogen (secondary N) is 1. The zero-order chi connectivity index (χ0) is 13.3. The Labute approximate surface area is 121 Å². The molecule has 0 spiro atoms. The van der Waals surface area contributed by atoms with E-state index in [9.17, 15) is 0 Å². The Kier molecular flexibility index (Phi) is 3.77. The molecule has 2 fully saturated rings. The van der Waals surface area contributed by atoms with Crippen molar-refractivity contribution in [1.82, 2.24) is 5.32 Å². The van der Waals surface area contributed by atoms with Crippen LogP contribution in [-0.4, -0.2) is 31.4 Å². The van der Waals surface area contributed by atoms with Crippen LogP contribution in [0.1, 0.15) is 26.2 Å². The van der Waals surface area contributed by atoms with E-state index in [2.05, 4.69) is 47.7 Å². The number of anilines is 1. The van der Waals surface area contributed by atoms with Crippen LogP contribution in [0, 0.1) is 5.92 Å². The van der Waals surface area contributed by atoms with E-state index in [1.54, 1.807) is 0 Å². The van der Waals surface area contributed by atoms with Gasteiger partial charge in [-0.2, -0.15) is 0 Å². The zero-order valence-corrected chi connectivity index (χ0v) is 12.8. The third-order valence-corrected chi connectivity index (χ3v) is 5.34. The summed E-state index contributed by atoms with van der Waals surface area (Å²) in [6, 6.07) is 8.84. The number of thioether (sulfide) groups is 1. The maximum Gasteiger partial charge on any atom is 0.0504 e. The van der Waals surface area contributed by atoms with Gasteiger partial charge in [0.15, 0.2) is 0 Å². The summed E-state index contributed by atoms with van der Waals surface area (Å²) in [5.41, 5.74) is 1.73. The summed E-state index contributed by atoms with van der Waals surface area (Å²) in [7, 11) is 0. The number of nitrogens with zero attached hydrogens (tertiary/aromatic N) is 1. The van der Waals surface area contributed by atoms with Crippen molar-refractivity contribution >= 4 is 17.4 Å². The Morgan fingerprint density at radius 2 is 2.11 bits per heavy atom. The van der Waals surface area contributed by atoms with Crippen LogP contribution in [-0.2, 0) is 0 Å². The summed E-state index contributed by atoms with van der Waals surface area (Å²) < 4.78 is 0. The van der Waals surface area contributed by atoms with Crippen LogP contribution in [0.2, 0.25) is 0 Å². The van der Waals surface area contributed by atoms with Crippen LogP contribution in [0.15, 0.2) is 29.2 Å². The summed E-state index contributed by atoms with van der Waals surface area (Å²) in [6.07, 6.45) is 6.23. The fourth-order valence-corrected chi connectivity index (χ4v) is 3.89. The van der Waals surface area contributed by atoms with E-state index >= 15 is 0 Å². The fourth-order valence-electron chi connectivity index (χ4n) is 3.27. The molecule has 1 atom stereocenters. The summed E-state index contributed by atoms with van der Waals surface area (Å²) in [6.45, 7) is 5.90. The van der Waals surface area contributed by atoms with E-state index in [1.165, 1.54) is 36.4 Å². The quantitative estimate of drug-likeness (QED) is 0.852. The highest BCUT2D eigenvalue weighted by Gasteiger charge is 2.43. The molecule has 2 aliphatic rings. The molecule has 104 valence electrons. The van der Waals surface area contributed by atoms with Gasteiger partial charge >= 0.3 is 0 Å². The summed E-state index contributed by atoms with van der Waals surface area (Å²) >= 11 is 1.86. The first-order chi connectivity index (χ1) is 9.23. The van der Waals surface area contributed by atoms with Crippen LogP contribution < -0.4 is 10.2 Å². The zero-order valence-electron chi connectivity index (χ0n) is 12.0. The van der Waals surface area contributed by atoms with E-state index < -0.39 is 0 Å². The van der Waals surface area contributed by atoms with Crippen LogP contribution in [0.5, 0.6) is 0 Å². The smallest absolute Gasteiger partial charge is 0.0504 e. The minimum Gasteiger partial charge on any atom is -0.369 e. The van der Waals surface area contributed by atoms with Gasteiger partial charge in [0, 0.05) is 23.5 Å². The molecule has 0 radical (unpaired) electrons. The van der Waals surface area contributed by atoms with Gasteiger partial charge in [-0.15, -0.1) is 11.8 Å². The fraction of sp³-hybridized carbons (Fsp3) is 0.625. The topological polar surface area (TPSA) is 15.3 Å². The lowest BCUT2D eigenvalue weighted by atomic mass is 9.95. The van der Waals surface area contributed by atoms with E-state index in [0.29, 0.717) is 5.54 Å². The summed E-state index contributed by atoms with van der Waals surface area (Å²) in [4.78, 5) is 4.01. The van der Waals surface area contributed by atoms with Gasteiger partial charge in [0.2, 0.25) is 0 Å². The number of para-hydroxylation sites is 1. The van der Waals surface area contributed by atoms with Crippen molar-refractivity contribution in [2.24, 2.45) is 5.92 Å². The second-order valence-electron chi connectivity index (χ2n) is 6.07. The number of benzene rings is 1. The molecule has 1 aliphatic heterocycles. The Morgan fingerprint density at radius 1 is 1.32 bits per heavy atom. The number of rotatable bonds is 3. The first kappa shape index (κ1) is 13.3. The molecule has 1 N–H and O–H groups in total. The molecule has 1 heterocycles. The highest BCUT2D eigenvalue weighted by molar-refractivity contribution is 7.98. The van der Waals surface area contributed by atoms with Gasteiger partial charge in [0.05, 0.1) is 5.69 Å². The second kappa shape index (κ2) is 5.37. The maximum absolute atomic E-state index is 3.81. The van der Waals surface area contributed by atoms with Crippen LogP contribution in [0.25, 0.3) is 0 Å². The molecule has 0 bridgehead atoms. The van der Waals surface area contributed by atoms with Crippen LogP contribution in [0.3, 0.4) is 0 Å². The van der Waals surface area contributed by atoms with Gasteiger partial charge in [0.1, 0.15) is 0 Å². The number of hydrogen-bond donors (Lipinski definition) is 1. The highest BCUT2D eigenvalue weighted by Crippen LogP contribution is 2.41. The van der Waals surface area contributed by atoms with Gasteiger partial charge in [-0.3, -0.25) is 0 Å². The SMILES string of the molecule is CSc1ccccc1N1CCCNC(C)(C2CC2)C1. The second-order valence-corrected chi connectivity index (χ2v) is 6.91. The van der Waals surface area contributed by atoms with E-state index in [-0.39, 0.29) is 0 Å². The van der Waals surface area contributed by atoms with E-state index in [4.69, 9.17) is 0 Å². The van der Waals surface area contributed by atoms with Gasteiger partial charge in [0.25, 0.3) is 0 Å². The van der Waals surface area contributed by atoms with Crippen molar-refractivity contribution in [3.8, 4) is 0 Å². The van der Waals surface area contributed by atoms with Gasteiger partial charge in [-0.05, 0) is 57.0 Å². The average molecular weight is 276 g/mol. The highest BCUT2D eigenvalue weighted by atomic mass is 32.2. The molecule has 2 nitrogen and oxygen atoms in total. The molecule has 1 saturated heterocycles. The number of hydrogen-bond acceptors (Lipinski definition) is 3. The van der Waals surface area contributed by atoms with Crippen molar-refractivity contribution in [1.29, 1.82) is 0 Å². The minimum atomic E-state index is 0.308. The van der Waals surface area contributed by atoms with Gasteiger partial charge < -0.3 is 10.2 Å². The molecule has 1 unspecified atom stereocenters. The van der Waals surface area contributed by atoms with E-state index in [1.807, 2.05) is 11.8 Å². The maximum atomic E-state index is 3.81. The van der Waals surface area contributed by atoms with Crippen LogP contribution in [0.4, 0.5) is 5.69 Å². The average Bonchev–Trinajstić information content (AvgIpc) is 3.26. The van der Waals surface area contributed by atoms with Crippen molar-refractivity contribution in [2.45, 2.75) is 36.6 Å². The molecular weight excluding hydrogens is 252 g/mol. The normalized spacial score (nSPS) is 28.2. The third-order valence-electron chi connectivity index (χ3n) is 4.56. The Bertz CT molecular complexity index is 444. The third kappa shape index (κ3) is 2.77. The predicted octanol–water partition coefficient (Wildman–Crippen LogP) is 3.38. The van der Waals surface area contributed by atoms with Crippen LogP contribution >= 0.6 is 11.8 Å². The predicted molar refractivity (Wildman–Crippen MR) is 84.2 cm³/mol. The lowest BCUT2D eigenvalue weighted by Gasteiger charge is -2.35. The molecule has 0 amide bonds. The van der Waals surface area contributed by atoms with Crippen molar-refractivity contribution in [3.63, 3.8) is 0 Å². The molecule has 3 heteroatoms. The molecule has 19 heavy (non-hydrogen) atoms. The standard InChI is InChI=1S/C16H24N2S/c1-16(13-8-9-13)12-18(11-5-10-17-16)14-6-3-4-7-15(14)19-2/h3-4,6-7,13,17H,5,8-12H2,1-2H3. The monoisotopic (exact) mass is 276 g/mol. The Balaban J connectivity index is 1.86. The van der Waals surface area contributed by atoms with Crippen molar-refractivity contribution in [2.75, 3.05) is 30.8 Å². The molecular formula is C16H24N2S. The van der Waals surface area contributed by atoms with Gasteiger partial charge in [-0.25, -0.2) is 0 Å². The lowest BCUT2D eigenvalue weighted by Crippen LogP contribution is -2.51.